The Kier molecular flexibility index (Phi) is 6.01. The Labute approximate surface area is 134 Å². The molecule has 122 valence electrons. The first-order valence-corrected chi connectivity index (χ1v) is 8.61. The van der Waals surface area contributed by atoms with Crippen LogP contribution in [0.2, 0.25) is 0 Å². The van der Waals surface area contributed by atoms with Crippen molar-refractivity contribution in [3.05, 3.63) is 29.8 Å². The molecule has 3 heteroatoms. The first-order chi connectivity index (χ1) is 10.5. The zero-order chi connectivity index (χ0) is 16.1. The van der Waals surface area contributed by atoms with E-state index in [1.807, 2.05) is 18.2 Å². The average molecular weight is 302 g/mol. The third-order valence-electron chi connectivity index (χ3n) is 5.09. The van der Waals surface area contributed by atoms with Gasteiger partial charge in [0.2, 0.25) is 5.91 Å². The minimum absolute atomic E-state index is 0.0542. The van der Waals surface area contributed by atoms with Crippen LogP contribution in [0.1, 0.15) is 58.4 Å². The molecule has 1 saturated carbocycles. The molecule has 1 aromatic carbocycles. The van der Waals surface area contributed by atoms with Crippen LogP contribution in [-0.4, -0.2) is 18.5 Å². The molecule has 0 spiro atoms. The zero-order valence-corrected chi connectivity index (χ0v) is 14.4. The monoisotopic (exact) mass is 302 g/mol. The fraction of sp³-hybridized carbons (Fsp3) is 0.632. The lowest BCUT2D eigenvalue weighted by molar-refractivity contribution is -0.115. The van der Waals surface area contributed by atoms with E-state index in [1.54, 1.807) is 0 Å². The van der Waals surface area contributed by atoms with Crippen molar-refractivity contribution in [3.63, 3.8) is 0 Å². The molecule has 22 heavy (non-hydrogen) atoms. The fourth-order valence-corrected chi connectivity index (χ4v) is 3.40. The van der Waals surface area contributed by atoms with E-state index < -0.39 is 0 Å². The first-order valence-electron chi connectivity index (χ1n) is 8.61. The van der Waals surface area contributed by atoms with Crippen molar-refractivity contribution in [3.8, 4) is 0 Å². The number of hydrogen-bond acceptors (Lipinski definition) is 2. The highest BCUT2D eigenvalue weighted by Gasteiger charge is 2.26. The van der Waals surface area contributed by atoms with E-state index in [0.717, 1.165) is 11.6 Å². The van der Waals surface area contributed by atoms with Crippen LogP contribution in [0.15, 0.2) is 24.3 Å². The summed E-state index contributed by atoms with van der Waals surface area (Å²) in [6.45, 7) is 9.31. The van der Waals surface area contributed by atoms with E-state index >= 15 is 0 Å². The molecule has 3 unspecified atom stereocenters. The Morgan fingerprint density at radius 1 is 1.23 bits per heavy atom. The Hall–Kier alpha value is -1.35. The van der Waals surface area contributed by atoms with E-state index in [2.05, 4.69) is 44.4 Å². The van der Waals surface area contributed by atoms with Gasteiger partial charge in [-0.15, -0.1) is 0 Å². The van der Waals surface area contributed by atoms with Gasteiger partial charge < -0.3 is 10.6 Å². The van der Waals surface area contributed by atoms with E-state index in [0.29, 0.717) is 24.4 Å². The Morgan fingerprint density at radius 3 is 2.68 bits per heavy atom. The Balaban J connectivity index is 1.88. The molecule has 0 aliphatic heterocycles. The van der Waals surface area contributed by atoms with Crippen LogP contribution in [0.25, 0.3) is 0 Å². The summed E-state index contributed by atoms with van der Waals surface area (Å²) in [5, 5.41) is 6.51. The van der Waals surface area contributed by atoms with Crippen molar-refractivity contribution in [1.82, 2.24) is 5.32 Å². The predicted octanol–water partition coefficient (Wildman–Crippen LogP) is 4.16. The fourth-order valence-electron chi connectivity index (χ4n) is 3.40. The van der Waals surface area contributed by atoms with E-state index in [4.69, 9.17) is 0 Å². The number of carbonyl (C=O) groups excluding carboxylic acids is 1. The molecular formula is C19H30N2O. The van der Waals surface area contributed by atoms with E-state index in [9.17, 15) is 4.79 Å². The van der Waals surface area contributed by atoms with Gasteiger partial charge in [0.1, 0.15) is 0 Å². The van der Waals surface area contributed by atoms with Crippen LogP contribution >= 0.6 is 0 Å². The summed E-state index contributed by atoms with van der Waals surface area (Å²) in [5.41, 5.74) is 2.13. The lowest BCUT2D eigenvalue weighted by Gasteiger charge is -2.34. The quantitative estimate of drug-likeness (QED) is 0.857. The molecule has 1 aliphatic rings. The van der Waals surface area contributed by atoms with E-state index in [-0.39, 0.29) is 5.91 Å². The van der Waals surface area contributed by atoms with Crippen molar-refractivity contribution in [2.45, 2.75) is 58.9 Å². The van der Waals surface area contributed by atoms with Gasteiger partial charge in [-0.2, -0.15) is 0 Å². The maximum absolute atomic E-state index is 12.2. The van der Waals surface area contributed by atoms with Crippen molar-refractivity contribution < 1.29 is 4.79 Å². The maximum atomic E-state index is 12.2. The highest BCUT2D eigenvalue weighted by atomic mass is 16.1. The van der Waals surface area contributed by atoms with Crippen LogP contribution in [-0.2, 0) is 4.79 Å². The third-order valence-corrected chi connectivity index (χ3v) is 5.09. The number of nitrogens with one attached hydrogen (secondary N) is 2. The summed E-state index contributed by atoms with van der Waals surface area (Å²) in [5.74, 6) is 1.85. The Morgan fingerprint density at radius 2 is 1.95 bits per heavy atom. The molecule has 0 heterocycles. The lowest BCUT2D eigenvalue weighted by Crippen LogP contribution is -2.43. The number of carbonyl (C=O) groups is 1. The average Bonchev–Trinajstić information content (AvgIpc) is 2.49. The van der Waals surface area contributed by atoms with Gasteiger partial charge in [0.15, 0.2) is 0 Å². The van der Waals surface area contributed by atoms with Crippen LogP contribution in [0, 0.1) is 11.8 Å². The second kappa shape index (κ2) is 7.77. The molecule has 3 nitrogen and oxygen atoms in total. The summed E-state index contributed by atoms with van der Waals surface area (Å²) in [6, 6.07) is 8.53. The van der Waals surface area contributed by atoms with Crippen molar-refractivity contribution >= 4 is 11.6 Å². The van der Waals surface area contributed by atoms with Crippen LogP contribution in [0.3, 0.4) is 0 Å². The van der Waals surface area contributed by atoms with Gasteiger partial charge in [-0.3, -0.25) is 4.79 Å². The lowest BCUT2D eigenvalue weighted by atomic mass is 9.78. The molecule has 1 amide bonds. The SMILES string of the molecule is CC(C)c1ccccc1NC(=O)CNC1CCCC(C)C1C. The summed E-state index contributed by atoms with van der Waals surface area (Å²) < 4.78 is 0. The Bertz CT molecular complexity index is 498. The summed E-state index contributed by atoms with van der Waals surface area (Å²) in [6.07, 6.45) is 3.76. The van der Waals surface area contributed by atoms with Gasteiger partial charge in [0.05, 0.1) is 6.54 Å². The van der Waals surface area contributed by atoms with Crippen LogP contribution in [0.5, 0.6) is 0 Å². The minimum Gasteiger partial charge on any atom is -0.325 e. The van der Waals surface area contributed by atoms with E-state index in [1.165, 1.54) is 24.8 Å². The highest BCUT2D eigenvalue weighted by Crippen LogP contribution is 2.29. The predicted molar refractivity (Wildman–Crippen MR) is 93.1 cm³/mol. The second-order valence-electron chi connectivity index (χ2n) is 7.04. The summed E-state index contributed by atoms with van der Waals surface area (Å²) in [7, 11) is 0. The largest absolute Gasteiger partial charge is 0.325 e. The minimum atomic E-state index is 0.0542. The highest BCUT2D eigenvalue weighted by molar-refractivity contribution is 5.93. The maximum Gasteiger partial charge on any atom is 0.238 e. The number of amides is 1. The van der Waals surface area contributed by atoms with Gasteiger partial charge in [-0.25, -0.2) is 0 Å². The first kappa shape index (κ1) is 17.0. The summed E-state index contributed by atoms with van der Waals surface area (Å²) in [4.78, 5) is 12.2. The smallest absolute Gasteiger partial charge is 0.238 e. The van der Waals surface area contributed by atoms with Crippen LogP contribution < -0.4 is 10.6 Å². The number of hydrogen-bond donors (Lipinski definition) is 2. The topological polar surface area (TPSA) is 41.1 Å². The number of benzene rings is 1. The molecule has 2 rings (SSSR count). The molecule has 0 radical (unpaired) electrons. The second-order valence-corrected chi connectivity index (χ2v) is 7.04. The van der Waals surface area contributed by atoms with Crippen molar-refractivity contribution in [2.75, 3.05) is 11.9 Å². The normalized spacial score (nSPS) is 25.2. The van der Waals surface area contributed by atoms with Gasteiger partial charge in [0.25, 0.3) is 0 Å². The van der Waals surface area contributed by atoms with Gasteiger partial charge >= 0.3 is 0 Å². The van der Waals surface area contributed by atoms with Gasteiger partial charge in [-0.1, -0.05) is 58.7 Å². The van der Waals surface area contributed by atoms with Crippen molar-refractivity contribution in [1.29, 1.82) is 0 Å². The molecular weight excluding hydrogens is 272 g/mol. The van der Waals surface area contributed by atoms with Crippen LogP contribution in [0.4, 0.5) is 5.69 Å². The molecule has 2 N–H and O–H groups in total. The number of para-hydroxylation sites is 1. The van der Waals surface area contributed by atoms with Gasteiger partial charge in [-0.05, 0) is 35.8 Å². The molecule has 1 fully saturated rings. The standard InChI is InChI=1S/C19H30N2O/c1-13(2)16-9-5-6-10-18(16)21-19(22)12-20-17-11-7-8-14(3)15(17)4/h5-6,9-10,13-15,17,20H,7-8,11-12H2,1-4H3,(H,21,22). The number of rotatable bonds is 5. The molecule has 0 saturated heterocycles. The molecule has 1 aromatic rings. The molecule has 1 aliphatic carbocycles. The zero-order valence-electron chi connectivity index (χ0n) is 14.4. The summed E-state index contributed by atoms with van der Waals surface area (Å²) >= 11 is 0. The van der Waals surface area contributed by atoms with Crippen molar-refractivity contribution in [2.24, 2.45) is 11.8 Å². The molecule has 3 atom stereocenters. The van der Waals surface area contributed by atoms with Gasteiger partial charge in [0, 0.05) is 11.7 Å². The molecule has 0 aromatic heterocycles. The number of anilines is 1. The molecule has 0 bridgehead atoms. The third kappa shape index (κ3) is 4.33.